The third-order valence-electron chi connectivity index (χ3n) is 4.63. The Bertz CT molecular complexity index is 1150. The fourth-order valence-corrected chi connectivity index (χ4v) is 3.61. The van der Waals surface area contributed by atoms with E-state index in [1.807, 2.05) is 62.4 Å². The number of hydrogen-bond acceptors (Lipinski definition) is 4. The largest absolute Gasteiger partial charge is 0.385 e. The molecule has 29 heavy (non-hydrogen) atoms. The highest BCUT2D eigenvalue weighted by Gasteiger charge is 2.12. The van der Waals surface area contributed by atoms with Crippen molar-refractivity contribution in [2.24, 2.45) is 0 Å². The van der Waals surface area contributed by atoms with Crippen LogP contribution in [0.1, 0.15) is 36.6 Å². The van der Waals surface area contributed by atoms with Crippen LogP contribution in [0.3, 0.4) is 0 Å². The minimum atomic E-state index is -1.70. The summed E-state index contributed by atoms with van der Waals surface area (Å²) in [7, 11) is 0. The molecule has 150 valence electrons. The van der Waals surface area contributed by atoms with Crippen molar-refractivity contribution in [1.29, 1.82) is 0 Å². The van der Waals surface area contributed by atoms with E-state index in [0.717, 1.165) is 28.0 Å². The van der Waals surface area contributed by atoms with Gasteiger partial charge in [-0.1, -0.05) is 26.0 Å². The number of nitrogens with one attached hydrogen (secondary N) is 2. The Morgan fingerprint density at radius 2 is 1.86 bits per heavy atom. The Labute approximate surface area is 171 Å². The molecule has 1 unspecified atom stereocenters. The molecule has 0 fully saturated rings. The van der Waals surface area contributed by atoms with Crippen LogP contribution in [-0.2, 0) is 11.3 Å². The van der Waals surface area contributed by atoms with Crippen LogP contribution in [0.15, 0.2) is 48.5 Å². The van der Waals surface area contributed by atoms with Crippen LogP contribution in [0.5, 0.6) is 5.75 Å². The smallest absolute Gasteiger partial charge is 0.316 e. The molecule has 4 aromatic rings. The highest BCUT2D eigenvalue weighted by Crippen LogP contribution is 2.23. The molecule has 8 heteroatoms. The fraction of sp³-hybridized carbons (Fsp3) is 0.238. The van der Waals surface area contributed by atoms with E-state index in [2.05, 4.69) is 33.8 Å². The summed E-state index contributed by atoms with van der Waals surface area (Å²) in [4.78, 5) is 4.57. The summed E-state index contributed by atoms with van der Waals surface area (Å²) in [6.07, 6.45) is 0. The van der Waals surface area contributed by atoms with Crippen LogP contribution in [0.25, 0.3) is 17.0 Å². The Kier molecular flexibility index (Phi) is 5.10. The van der Waals surface area contributed by atoms with Crippen molar-refractivity contribution >= 4 is 22.6 Å². The third-order valence-corrected chi connectivity index (χ3v) is 5.36. The molecule has 0 aliphatic rings. The predicted molar refractivity (Wildman–Crippen MR) is 115 cm³/mol. The molecule has 0 aliphatic carbocycles. The molecule has 2 aromatic carbocycles. The third kappa shape index (κ3) is 4.17. The molecule has 7 nitrogen and oxygen atoms in total. The molecule has 1 atom stereocenters. The first-order valence-electron chi connectivity index (χ1n) is 9.39. The maximum Gasteiger partial charge on any atom is 0.316 e. The van der Waals surface area contributed by atoms with E-state index in [9.17, 15) is 4.21 Å². The van der Waals surface area contributed by atoms with E-state index < -0.39 is 11.3 Å². The van der Waals surface area contributed by atoms with Crippen molar-refractivity contribution in [1.82, 2.24) is 19.8 Å². The van der Waals surface area contributed by atoms with E-state index in [1.54, 1.807) is 4.63 Å². The lowest BCUT2D eigenvalue weighted by Gasteiger charge is -2.10. The average Bonchev–Trinajstić information content (AvgIpc) is 3.25. The van der Waals surface area contributed by atoms with Gasteiger partial charge in [0.05, 0.1) is 0 Å². The number of aromatic nitrogens is 4. The molecule has 2 heterocycles. The van der Waals surface area contributed by atoms with Gasteiger partial charge < -0.3 is 4.18 Å². The minimum absolute atomic E-state index is 0.388. The Hall–Kier alpha value is -3.13. The summed E-state index contributed by atoms with van der Waals surface area (Å²) in [6, 6.07) is 15.2. The van der Waals surface area contributed by atoms with Crippen molar-refractivity contribution in [2.45, 2.75) is 33.6 Å². The monoisotopic (exact) mass is 409 g/mol. The molecule has 4 rings (SSSR count). The molecule has 0 aliphatic heterocycles. The second kappa shape index (κ2) is 7.71. The SMILES string of the molecule is Cc1ccc(C)c(OS(=O)Nc2ccc(-c3nc4cc(C(C)C)[nH]n4n3)cc2)c1. The van der Waals surface area contributed by atoms with Gasteiger partial charge in [0.1, 0.15) is 5.75 Å². The second-order valence-corrected chi connectivity index (χ2v) is 8.18. The van der Waals surface area contributed by atoms with Gasteiger partial charge in [0.15, 0.2) is 11.5 Å². The number of fused-ring (bicyclic) bond motifs is 1. The number of hydrogen-bond donors (Lipinski definition) is 2. The van der Waals surface area contributed by atoms with Crippen LogP contribution < -0.4 is 8.91 Å². The van der Waals surface area contributed by atoms with Gasteiger partial charge in [-0.2, -0.15) is 8.84 Å². The van der Waals surface area contributed by atoms with Crippen LogP contribution in [-0.4, -0.2) is 24.0 Å². The molecule has 2 aromatic heterocycles. The summed E-state index contributed by atoms with van der Waals surface area (Å²) in [6.45, 7) is 8.12. The lowest BCUT2D eigenvalue weighted by Crippen LogP contribution is -2.11. The fourth-order valence-electron chi connectivity index (χ4n) is 2.89. The first-order valence-corrected chi connectivity index (χ1v) is 10.5. The Morgan fingerprint density at radius 3 is 2.55 bits per heavy atom. The average molecular weight is 410 g/mol. The number of aromatic amines is 1. The van der Waals surface area contributed by atoms with E-state index in [1.165, 1.54) is 0 Å². The van der Waals surface area contributed by atoms with E-state index in [4.69, 9.17) is 4.18 Å². The normalized spacial score (nSPS) is 12.4. The molecule has 2 N–H and O–H groups in total. The van der Waals surface area contributed by atoms with Crippen molar-refractivity contribution in [3.63, 3.8) is 0 Å². The summed E-state index contributed by atoms with van der Waals surface area (Å²) in [5.74, 6) is 1.62. The van der Waals surface area contributed by atoms with Crippen molar-refractivity contribution in [3.05, 3.63) is 65.4 Å². The summed E-state index contributed by atoms with van der Waals surface area (Å²) >= 11 is -1.70. The topological polar surface area (TPSA) is 84.3 Å². The first kappa shape index (κ1) is 19.2. The van der Waals surface area contributed by atoms with Gasteiger partial charge in [0.25, 0.3) is 0 Å². The summed E-state index contributed by atoms with van der Waals surface area (Å²) in [5, 5.41) is 7.72. The summed E-state index contributed by atoms with van der Waals surface area (Å²) < 4.78 is 22.4. The number of nitrogens with zero attached hydrogens (tertiary/aromatic N) is 3. The Balaban J connectivity index is 1.45. The zero-order valence-corrected chi connectivity index (χ0v) is 17.6. The molecule has 0 bridgehead atoms. The zero-order chi connectivity index (χ0) is 20.5. The van der Waals surface area contributed by atoms with Gasteiger partial charge >= 0.3 is 11.3 Å². The van der Waals surface area contributed by atoms with E-state index >= 15 is 0 Å². The van der Waals surface area contributed by atoms with Gasteiger partial charge in [-0.3, -0.25) is 9.82 Å². The van der Waals surface area contributed by atoms with Gasteiger partial charge in [0, 0.05) is 23.0 Å². The summed E-state index contributed by atoms with van der Waals surface area (Å²) in [5.41, 5.74) is 5.43. The number of H-pyrrole nitrogens is 1. The van der Waals surface area contributed by atoms with Gasteiger partial charge in [-0.15, -0.1) is 5.10 Å². The lowest BCUT2D eigenvalue weighted by molar-refractivity contribution is 0.563. The van der Waals surface area contributed by atoms with Gasteiger partial charge in [0.2, 0.25) is 0 Å². The minimum Gasteiger partial charge on any atom is -0.385 e. The van der Waals surface area contributed by atoms with Crippen molar-refractivity contribution < 1.29 is 8.39 Å². The number of aryl methyl sites for hydroxylation is 2. The zero-order valence-electron chi connectivity index (χ0n) is 16.8. The molecule has 0 spiro atoms. The van der Waals surface area contributed by atoms with Crippen molar-refractivity contribution in [3.8, 4) is 17.1 Å². The quantitative estimate of drug-likeness (QED) is 0.490. The van der Waals surface area contributed by atoms with Crippen LogP contribution in [0, 0.1) is 13.8 Å². The molecule has 0 radical (unpaired) electrons. The predicted octanol–water partition coefficient (Wildman–Crippen LogP) is 4.53. The van der Waals surface area contributed by atoms with Crippen LogP contribution in [0.2, 0.25) is 0 Å². The lowest BCUT2D eigenvalue weighted by atomic mass is 10.1. The van der Waals surface area contributed by atoms with Crippen LogP contribution >= 0.6 is 0 Å². The maximum absolute atomic E-state index is 12.3. The van der Waals surface area contributed by atoms with Gasteiger partial charge in [-0.25, -0.2) is 4.98 Å². The van der Waals surface area contributed by atoms with Crippen molar-refractivity contribution in [2.75, 3.05) is 4.72 Å². The highest BCUT2D eigenvalue weighted by atomic mass is 32.2. The Morgan fingerprint density at radius 1 is 1.10 bits per heavy atom. The standard InChI is InChI=1S/C21H23N5O2S/c1-13(2)18-12-20-22-21(24-26(20)23-18)16-7-9-17(10-8-16)25-29(27)28-19-11-14(3)5-6-15(19)4/h5-13,23,25H,1-4H3. The number of rotatable bonds is 6. The molecular weight excluding hydrogens is 386 g/mol. The van der Waals surface area contributed by atoms with Crippen LogP contribution in [0.4, 0.5) is 5.69 Å². The van der Waals surface area contributed by atoms with E-state index in [-0.39, 0.29) is 0 Å². The number of benzene rings is 2. The highest BCUT2D eigenvalue weighted by molar-refractivity contribution is 7.81. The number of anilines is 1. The molecule has 0 saturated carbocycles. The van der Waals surface area contributed by atoms with E-state index in [0.29, 0.717) is 23.2 Å². The molecule has 0 amide bonds. The molecular formula is C21H23N5O2S. The van der Waals surface area contributed by atoms with Gasteiger partial charge in [-0.05, 0) is 61.2 Å². The maximum atomic E-state index is 12.3. The first-order chi connectivity index (χ1) is 13.9. The second-order valence-electron chi connectivity index (χ2n) is 7.34. The molecule has 0 saturated heterocycles.